The van der Waals surface area contributed by atoms with Gasteiger partial charge in [0, 0.05) is 26.0 Å². The van der Waals surface area contributed by atoms with E-state index in [-0.39, 0.29) is 17.9 Å². The number of hydrogen-bond donors (Lipinski definition) is 1. The van der Waals surface area contributed by atoms with Crippen LogP contribution in [0, 0.1) is 0 Å². The van der Waals surface area contributed by atoms with E-state index in [1.54, 1.807) is 16.3 Å². The summed E-state index contributed by atoms with van der Waals surface area (Å²) in [7, 11) is 0. The van der Waals surface area contributed by atoms with Crippen LogP contribution in [0.25, 0.3) is 0 Å². The highest BCUT2D eigenvalue weighted by Crippen LogP contribution is 2.33. The first kappa shape index (κ1) is 15.4. The molecule has 1 aromatic heterocycles. The summed E-state index contributed by atoms with van der Waals surface area (Å²) in [5.74, 6) is -0.165. The lowest BCUT2D eigenvalue weighted by atomic mass is 10.0. The molecule has 0 bridgehead atoms. The van der Waals surface area contributed by atoms with Gasteiger partial charge in [-0.15, -0.1) is 0 Å². The molecule has 1 aliphatic heterocycles. The van der Waals surface area contributed by atoms with E-state index in [0.717, 1.165) is 22.5 Å². The number of benzene rings is 1. The van der Waals surface area contributed by atoms with E-state index in [0.29, 0.717) is 6.42 Å². The molecule has 1 aromatic carbocycles. The van der Waals surface area contributed by atoms with Crippen molar-refractivity contribution in [2.75, 3.05) is 5.32 Å². The lowest BCUT2D eigenvalue weighted by Crippen LogP contribution is -2.23. The highest BCUT2D eigenvalue weighted by atomic mass is 32.1. The number of anilines is 1. The van der Waals surface area contributed by atoms with Crippen molar-refractivity contribution in [1.82, 2.24) is 5.01 Å². The summed E-state index contributed by atoms with van der Waals surface area (Å²) in [4.78, 5) is 22.9. The molecule has 0 fully saturated rings. The zero-order valence-electron chi connectivity index (χ0n) is 12.9. The maximum atomic E-state index is 11.9. The Morgan fingerprint density at radius 3 is 2.52 bits per heavy atom. The van der Waals surface area contributed by atoms with Crippen LogP contribution >= 0.6 is 11.3 Å². The monoisotopic (exact) mass is 327 g/mol. The Kier molecular flexibility index (Phi) is 4.25. The van der Waals surface area contributed by atoms with Gasteiger partial charge in [0.1, 0.15) is 0 Å². The second-order valence-corrected chi connectivity index (χ2v) is 6.23. The van der Waals surface area contributed by atoms with E-state index in [9.17, 15) is 9.59 Å². The molecule has 5 nitrogen and oxygen atoms in total. The van der Waals surface area contributed by atoms with Crippen LogP contribution in [-0.2, 0) is 9.59 Å². The van der Waals surface area contributed by atoms with Gasteiger partial charge in [-0.1, -0.05) is 12.1 Å². The number of carbonyl (C=O) groups excluding carboxylic acids is 2. The van der Waals surface area contributed by atoms with E-state index in [2.05, 4.69) is 15.8 Å². The van der Waals surface area contributed by atoms with Crippen LogP contribution in [-0.4, -0.2) is 22.5 Å². The van der Waals surface area contributed by atoms with Crippen LogP contribution < -0.4 is 5.32 Å². The van der Waals surface area contributed by atoms with Crippen molar-refractivity contribution in [2.24, 2.45) is 5.10 Å². The minimum Gasteiger partial charge on any atom is -0.326 e. The summed E-state index contributed by atoms with van der Waals surface area (Å²) in [6.45, 7) is 3.01. The first-order valence-corrected chi connectivity index (χ1v) is 8.26. The molecule has 118 valence electrons. The molecule has 23 heavy (non-hydrogen) atoms. The van der Waals surface area contributed by atoms with Crippen molar-refractivity contribution >= 4 is 34.6 Å². The van der Waals surface area contributed by atoms with Gasteiger partial charge in [-0.25, -0.2) is 5.01 Å². The van der Waals surface area contributed by atoms with Crippen LogP contribution in [0.1, 0.15) is 37.4 Å². The Morgan fingerprint density at radius 2 is 1.96 bits per heavy atom. The molecule has 2 amide bonds. The molecule has 0 saturated heterocycles. The van der Waals surface area contributed by atoms with Gasteiger partial charge in [0.15, 0.2) is 0 Å². The molecule has 3 rings (SSSR count). The fraction of sp³-hybridized carbons (Fsp3) is 0.235. The van der Waals surface area contributed by atoms with Gasteiger partial charge in [0.05, 0.1) is 11.8 Å². The highest BCUT2D eigenvalue weighted by Gasteiger charge is 2.31. The summed E-state index contributed by atoms with van der Waals surface area (Å²) >= 11 is 1.62. The Labute approximate surface area is 138 Å². The van der Waals surface area contributed by atoms with Crippen LogP contribution in [0.2, 0.25) is 0 Å². The number of amides is 2. The number of hydrogen-bond acceptors (Lipinski definition) is 4. The molecule has 1 atom stereocenters. The fourth-order valence-electron chi connectivity index (χ4n) is 2.65. The number of nitrogens with zero attached hydrogens (tertiary/aromatic N) is 2. The molecule has 0 radical (unpaired) electrons. The van der Waals surface area contributed by atoms with Crippen molar-refractivity contribution in [2.45, 2.75) is 26.3 Å². The van der Waals surface area contributed by atoms with Crippen LogP contribution in [0.5, 0.6) is 0 Å². The molecular formula is C17H17N3O2S. The van der Waals surface area contributed by atoms with Gasteiger partial charge < -0.3 is 5.32 Å². The predicted molar refractivity (Wildman–Crippen MR) is 91.5 cm³/mol. The topological polar surface area (TPSA) is 61.8 Å². The SMILES string of the molecule is CC(=O)Nc1ccc(C2=NN(C(C)=O)[C@H](c3ccsc3)C2)cc1. The smallest absolute Gasteiger partial charge is 0.240 e. The lowest BCUT2D eigenvalue weighted by molar-refractivity contribution is -0.130. The third-order valence-electron chi connectivity index (χ3n) is 3.70. The molecule has 0 unspecified atom stereocenters. The van der Waals surface area contributed by atoms with Gasteiger partial charge in [0.25, 0.3) is 0 Å². The largest absolute Gasteiger partial charge is 0.326 e. The van der Waals surface area contributed by atoms with E-state index in [1.165, 1.54) is 13.8 Å². The molecule has 0 saturated carbocycles. The maximum absolute atomic E-state index is 11.9. The second kappa shape index (κ2) is 6.34. The summed E-state index contributed by atoms with van der Waals surface area (Å²) in [5, 5.41) is 12.9. The highest BCUT2D eigenvalue weighted by molar-refractivity contribution is 7.08. The van der Waals surface area contributed by atoms with E-state index in [1.807, 2.05) is 35.7 Å². The summed E-state index contributed by atoms with van der Waals surface area (Å²) < 4.78 is 0. The predicted octanol–water partition coefficient (Wildman–Crippen LogP) is 3.40. The van der Waals surface area contributed by atoms with Crippen molar-refractivity contribution < 1.29 is 9.59 Å². The van der Waals surface area contributed by atoms with E-state index in [4.69, 9.17) is 0 Å². The van der Waals surface area contributed by atoms with Crippen LogP contribution in [0.3, 0.4) is 0 Å². The van der Waals surface area contributed by atoms with Gasteiger partial charge >= 0.3 is 0 Å². The molecule has 0 aliphatic carbocycles. The lowest BCUT2D eigenvalue weighted by Gasteiger charge is -2.18. The molecule has 6 heteroatoms. The van der Waals surface area contributed by atoms with E-state index < -0.39 is 0 Å². The fourth-order valence-corrected chi connectivity index (χ4v) is 3.36. The molecule has 2 aromatic rings. The number of nitrogens with one attached hydrogen (secondary N) is 1. The molecule has 1 aliphatic rings. The quantitative estimate of drug-likeness (QED) is 0.939. The zero-order chi connectivity index (χ0) is 16.4. The average Bonchev–Trinajstić information content (AvgIpc) is 3.16. The minimum atomic E-state index is -0.101. The Balaban J connectivity index is 1.84. The Hall–Kier alpha value is -2.47. The van der Waals surface area contributed by atoms with Gasteiger partial charge in [-0.05, 0) is 40.1 Å². The van der Waals surface area contributed by atoms with Crippen LogP contribution in [0.15, 0.2) is 46.2 Å². The molecular weight excluding hydrogens is 310 g/mol. The third kappa shape index (κ3) is 3.32. The molecule has 0 spiro atoms. The number of carbonyl (C=O) groups is 2. The van der Waals surface area contributed by atoms with Gasteiger partial charge in [-0.3, -0.25) is 9.59 Å². The normalized spacial score (nSPS) is 17.0. The summed E-state index contributed by atoms with van der Waals surface area (Å²) in [6, 6.07) is 9.51. The number of rotatable bonds is 3. The molecule has 1 N–H and O–H groups in total. The van der Waals surface area contributed by atoms with Gasteiger partial charge in [0.2, 0.25) is 11.8 Å². The van der Waals surface area contributed by atoms with Crippen molar-refractivity contribution in [3.05, 3.63) is 52.2 Å². The minimum absolute atomic E-state index is 0.0382. The third-order valence-corrected chi connectivity index (χ3v) is 4.40. The summed E-state index contributed by atoms with van der Waals surface area (Å²) in [6.07, 6.45) is 0.690. The number of hydrazone groups is 1. The second-order valence-electron chi connectivity index (χ2n) is 5.45. The van der Waals surface area contributed by atoms with Crippen molar-refractivity contribution in [3.8, 4) is 0 Å². The maximum Gasteiger partial charge on any atom is 0.240 e. The standard InChI is InChI=1S/C17H17N3O2S/c1-11(21)18-15-5-3-13(4-6-15)16-9-17(14-7-8-23-10-14)20(19-16)12(2)22/h3-8,10,17H,9H2,1-2H3,(H,18,21)/t17-/m0/s1. The van der Waals surface area contributed by atoms with Gasteiger partial charge in [-0.2, -0.15) is 16.4 Å². The Morgan fingerprint density at radius 1 is 1.22 bits per heavy atom. The molecule has 2 heterocycles. The average molecular weight is 327 g/mol. The summed E-state index contributed by atoms with van der Waals surface area (Å²) in [5.41, 5.74) is 3.70. The Bertz CT molecular complexity index is 751. The van der Waals surface area contributed by atoms with Crippen molar-refractivity contribution in [3.63, 3.8) is 0 Å². The number of thiophene rings is 1. The van der Waals surface area contributed by atoms with E-state index >= 15 is 0 Å². The van der Waals surface area contributed by atoms with Crippen molar-refractivity contribution in [1.29, 1.82) is 0 Å². The first-order chi connectivity index (χ1) is 11.0. The van der Waals surface area contributed by atoms with Crippen LogP contribution in [0.4, 0.5) is 5.69 Å². The first-order valence-electron chi connectivity index (χ1n) is 7.32. The zero-order valence-corrected chi connectivity index (χ0v) is 13.8.